The SMILES string of the molecule is CCCCn1c(-c2ccccc2)nc(-c2ccccc2)c1CN(Cc1ccccc1)Cc1ccc(OC(F)F)cc1. The van der Waals surface area contributed by atoms with Crippen LogP contribution in [-0.2, 0) is 26.2 Å². The number of rotatable bonds is 13. The van der Waals surface area contributed by atoms with Crippen LogP contribution in [-0.4, -0.2) is 21.1 Å². The Morgan fingerprint density at radius 1 is 0.707 bits per heavy atom. The van der Waals surface area contributed by atoms with Crippen LogP contribution >= 0.6 is 0 Å². The lowest BCUT2D eigenvalue weighted by atomic mass is 10.1. The third-order valence-electron chi connectivity index (χ3n) is 7.06. The number of ether oxygens (including phenoxy) is 1. The molecule has 0 N–H and O–H groups in total. The van der Waals surface area contributed by atoms with Gasteiger partial charge in [-0.1, -0.05) is 116 Å². The van der Waals surface area contributed by atoms with Crippen molar-refractivity contribution in [2.45, 2.75) is 52.6 Å². The number of benzene rings is 4. The Morgan fingerprint density at radius 2 is 1.27 bits per heavy atom. The largest absolute Gasteiger partial charge is 0.435 e. The van der Waals surface area contributed by atoms with Crippen molar-refractivity contribution >= 4 is 0 Å². The summed E-state index contributed by atoms with van der Waals surface area (Å²) < 4.78 is 32.4. The summed E-state index contributed by atoms with van der Waals surface area (Å²) in [5, 5.41) is 0. The third kappa shape index (κ3) is 7.47. The molecule has 1 aromatic heterocycles. The van der Waals surface area contributed by atoms with Crippen molar-refractivity contribution in [1.29, 1.82) is 0 Å². The molecular weight excluding hydrogens is 516 g/mol. The molecule has 0 bridgehead atoms. The Hall–Kier alpha value is -4.29. The molecule has 0 amide bonds. The topological polar surface area (TPSA) is 30.3 Å². The summed E-state index contributed by atoms with van der Waals surface area (Å²) in [4.78, 5) is 7.65. The van der Waals surface area contributed by atoms with Gasteiger partial charge in [0.15, 0.2) is 0 Å². The number of halogens is 2. The van der Waals surface area contributed by atoms with Gasteiger partial charge in [0.1, 0.15) is 11.6 Å². The van der Waals surface area contributed by atoms with Crippen molar-refractivity contribution in [3.8, 4) is 28.4 Å². The molecule has 0 atom stereocenters. The van der Waals surface area contributed by atoms with Crippen LogP contribution in [0, 0.1) is 0 Å². The van der Waals surface area contributed by atoms with E-state index in [1.165, 1.54) is 5.56 Å². The van der Waals surface area contributed by atoms with Crippen molar-refractivity contribution in [3.63, 3.8) is 0 Å². The quantitative estimate of drug-likeness (QED) is 0.146. The molecule has 0 aliphatic heterocycles. The number of hydrogen-bond acceptors (Lipinski definition) is 3. The van der Waals surface area contributed by atoms with Crippen LogP contribution in [0.2, 0.25) is 0 Å². The van der Waals surface area contributed by atoms with Gasteiger partial charge in [-0.2, -0.15) is 8.78 Å². The summed E-state index contributed by atoms with van der Waals surface area (Å²) in [6.45, 7) is 2.27. The molecule has 5 aromatic rings. The van der Waals surface area contributed by atoms with E-state index < -0.39 is 6.61 Å². The first kappa shape index (κ1) is 28.2. The van der Waals surface area contributed by atoms with E-state index in [1.54, 1.807) is 12.1 Å². The molecule has 4 aromatic carbocycles. The molecule has 0 saturated heterocycles. The highest BCUT2D eigenvalue weighted by Gasteiger charge is 2.22. The molecule has 1 heterocycles. The maximum Gasteiger partial charge on any atom is 0.387 e. The minimum atomic E-state index is -2.84. The number of aromatic nitrogens is 2. The second kappa shape index (κ2) is 13.9. The predicted molar refractivity (Wildman–Crippen MR) is 160 cm³/mol. The van der Waals surface area contributed by atoms with Gasteiger partial charge in [0.2, 0.25) is 0 Å². The minimum Gasteiger partial charge on any atom is -0.435 e. The van der Waals surface area contributed by atoms with E-state index in [0.717, 1.165) is 59.8 Å². The molecule has 4 nitrogen and oxygen atoms in total. The van der Waals surface area contributed by atoms with Gasteiger partial charge in [-0.3, -0.25) is 4.90 Å². The van der Waals surface area contributed by atoms with Crippen LogP contribution in [0.15, 0.2) is 115 Å². The first-order valence-corrected chi connectivity index (χ1v) is 14.1. The normalized spacial score (nSPS) is 11.3. The smallest absolute Gasteiger partial charge is 0.387 e. The van der Waals surface area contributed by atoms with Crippen LogP contribution < -0.4 is 4.74 Å². The minimum absolute atomic E-state index is 0.162. The average Bonchev–Trinajstić information content (AvgIpc) is 3.36. The number of alkyl halides is 2. The number of imidazole rings is 1. The molecule has 5 rings (SSSR count). The van der Waals surface area contributed by atoms with Crippen molar-refractivity contribution in [2.24, 2.45) is 0 Å². The maximum absolute atomic E-state index is 12.7. The van der Waals surface area contributed by atoms with Gasteiger partial charge in [-0.05, 0) is 29.7 Å². The van der Waals surface area contributed by atoms with Gasteiger partial charge >= 0.3 is 6.61 Å². The molecular formula is C35H35F2N3O. The summed E-state index contributed by atoms with van der Waals surface area (Å²) >= 11 is 0. The van der Waals surface area contributed by atoms with E-state index in [1.807, 2.05) is 30.3 Å². The van der Waals surface area contributed by atoms with E-state index in [2.05, 4.69) is 93.9 Å². The van der Waals surface area contributed by atoms with Crippen molar-refractivity contribution < 1.29 is 13.5 Å². The van der Waals surface area contributed by atoms with Crippen LogP contribution in [0.5, 0.6) is 5.75 Å². The lowest BCUT2D eigenvalue weighted by molar-refractivity contribution is -0.0498. The van der Waals surface area contributed by atoms with Crippen LogP contribution in [0.3, 0.4) is 0 Å². The lowest BCUT2D eigenvalue weighted by Crippen LogP contribution is -2.24. The van der Waals surface area contributed by atoms with Crippen molar-refractivity contribution in [2.75, 3.05) is 0 Å². The van der Waals surface area contributed by atoms with E-state index in [4.69, 9.17) is 4.98 Å². The third-order valence-corrected chi connectivity index (χ3v) is 7.06. The molecule has 0 aliphatic rings. The van der Waals surface area contributed by atoms with Crippen molar-refractivity contribution in [1.82, 2.24) is 14.5 Å². The Balaban J connectivity index is 1.56. The summed E-state index contributed by atoms with van der Waals surface area (Å²) in [5.41, 5.74) is 6.55. The standard InChI is InChI=1S/C35H35F2N3O/c1-2-3-23-40-32(33(29-15-9-5-10-16-29)38-34(40)30-17-11-6-12-18-30)26-39(24-27-13-7-4-8-14-27)25-28-19-21-31(22-20-28)41-35(36)37/h4-22,35H,2-3,23-26H2,1H3. The Bertz CT molecular complexity index is 1490. The fraction of sp³-hybridized carbons (Fsp3) is 0.229. The molecule has 6 heteroatoms. The highest BCUT2D eigenvalue weighted by molar-refractivity contribution is 5.68. The summed E-state index contributed by atoms with van der Waals surface area (Å²) in [7, 11) is 0. The second-order valence-electron chi connectivity index (χ2n) is 10.1. The summed E-state index contributed by atoms with van der Waals surface area (Å²) in [5.74, 6) is 1.14. The highest BCUT2D eigenvalue weighted by Crippen LogP contribution is 2.32. The molecule has 0 spiro atoms. The van der Waals surface area contributed by atoms with E-state index in [0.29, 0.717) is 13.1 Å². The van der Waals surface area contributed by atoms with Crippen LogP contribution in [0.1, 0.15) is 36.6 Å². The van der Waals surface area contributed by atoms with Crippen molar-refractivity contribution in [3.05, 3.63) is 132 Å². The highest BCUT2D eigenvalue weighted by atomic mass is 19.3. The average molecular weight is 552 g/mol. The summed E-state index contributed by atoms with van der Waals surface area (Å²) in [6.07, 6.45) is 2.12. The Morgan fingerprint density at radius 3 is 1.85 bits per heavy atom. The molecule has 0 unspecified atom stereocenters. The number of hydrogen-bond donors (Lipinski definition) is 0. The van der Waals surface area contributed by atoms with Gasteiger partial charge in [0.05, 0.1) is 11.4 Å². The second-order valence-corrected chi connectivity index (χ2v) is 10.1. The summed E-state index contributed by atoms with van der Waals surface area (Å²) in [6, 6.07) is 38.1. The molecule has 0 radical (unpaired) electrons. The van der Waals surface area contributed by atoms with E-state index in [-0.39, 0.29) is 5.75 Å². The zero-order chi connectivity index (χ0) is 28.4. The maximum atomic E-state index is 12.7. The van der Waals surface area contributed by atoms with Gasteiger partial charge in [-0.25, -0.2) is 4.98 Å². The van der Waals surface area contributed by atoms with Crippen LogP contribution in [0.4, 0.5) is 8.78 Å². The zero-order valence-corrected chi connectivity index (χ0v) is 23.3. The number of unbranched alkanes of at least 4 members (excludes halogenated alkanes) is 1. The lowest BCUT2D eigenvalue weighted by Gasteiger charge is -2.25. The molecule has 0 saturated carbocycles. The molecule has 41 heavy (non-hydrogen) atoms. The van der Waals surface area contributed by atoms with Crippen LogP contribution in [0.25, 0.3) is 22.6 Å². The van der Waals surface area contributed by atoms with Gasteiger partial charge < -0.3 is 9.30 Å². The van der Waals surface area contributed by atoms with E-state index in [9.17, 15) is 8.78 Å². The van der Waals surface area contributed by atoms with Gasteiger partial charge in [0, 0.05) is 37.3 Å². The first-order valence-electron chi connectivity index (χ1n) is 14.1. The molecule has 0 fully saturated rings. The first-order chi connectivity index (χ1) is 20.1. The van der Waals surface area contributed by atoms with Gasteiger partial charge in [-0.15, -0.1) is 0 Å². The fourth-order valence-electron chi connectivity index (χ4n) is 5.09. The zero-order valence-electron chi connectivity index (χ0n) is 23.3. The number of nitrogens with zero attached hydrogens (tertiary/aromatic N) is 3. The fourth-order valence-corrected chi connectivity index (χ4v) is 5.09. The molecule has 210 valence electrons. The van der Waals surface area contributed by atoms with E-state index >= 15 is 0 Å². The Labute approximate surface area is 240 Å². The monoisotopic (exact) mass is 551 g/mol. The van der Waals surface area contributed by atoms with Gasteiger partial charge in [0.25, 0.3) is 0 Å². The molecule has 0 aliphatic carbocycles. The predicted octanol–water partition coefficient (Wildman–Crippen LogP) is 8.82. The Kier molecular flexibility index (Phi) is 9.55.